The quantitative estimate of drug-likeness (QED) is 0.818. The zero-order valence-corrected chi connectivity index (χ0v) is 15.5. The van der Waals surface area contributed by atoms with E-state index in [0.29, 0.717) is 6.42 Å². The summed E-state index contributed by atoms with van der Waals surface area (Å²) in [5.41, 5.74) is 1.03. The number of sulfone groups is 1. The van der Waals surface area contributed by atoms with E-state index in [9.17, 15) is 13.2 Å². The summed E-state index contributed by atoms with van der Waals surface area (Å²) in [6.07, 6.45) is 2.19. The molecule has 25 heavy (non-hydrogen) atoms. The maximum absolute atomic E-state index is 12.6. The molecule has 2 aromatic rings. The maximum Gasteiger partial charge on any atom is 0.252 e. The Morgan fingerprint density at radius 3 is 2.56 bits per heavy atom. The number of benzene rings is 1. The van der Waals surface area contributed by atoms with Crippen molar-refractivity contribution in [2.75, 3.05) is 24.7 Å². The molecule has 7 heteroatoms. The highest BCUT2D eigenvalue weighted by Crippen LogP contribution is 2.19. The predicted molar refractivity (Wildman–Crippen MR) is 98.5 cm³/mol. The summed E-state index contributed by atoms with van der Waals surface area (Å²) in [6, 6.07) is 9.99. The minimum Gasteiger partial charge on any atom is -0.362 e. The Bertz CT molecular complexity index is 848. The molecule has 0 atom stereocenters. The number of carbonyl (C=O) groups is 1. The molecule has 2 rings (SSSR count). The molecule has 0 aliphatic rings. The zero-order chi connectivity index (χ0) is 18.4. The van der Waals surface area contributed by atoms with Crippen molar-refractivity contribution in [1.82, 2.24) is 10.3 Å². The molecular formula is C18H23N3O3S. The van der Waals surface area contributed by atoms with Crippen LogP contribution in [0.2, 0.25) is 0 Å². The largest absolute Gasteiger partial charge is 0.362 e. The van der Waals surface area contributed by atoms with Crippen LogP contribution in [-0.2, 0) is 16.4 Å². The number of nitrogens with zero attached hydrogens (tertiary/aromatic N) is 2. The summed E-state index contributed by atoms with van der Waals surface area (Å²) in [4.78, 5) is 18.8. The molecule has 1 amide bonds. The van der Waals surface area contributed by atoms with Gasteiger partial charge in [0.05, 0.1) is 16.2 Å². The van der Waals surface area contributed by atoms with Crippen LogP contribution in [0.3, 0.4) is 0 Å². The highest BCUT2D eigenvalue weighted by molar-refractivity contribution is 7.91. The minimum absolute atomic E-state index is 0.0185. The number of nitrogens with one attached hydrogen (secondary N) is 1. The van der Waals surface area contributed by atoms with Gasteiger partial charge in [0.1, 0.15) is 5.82 Å². The average molecular weight is 361 g/mol. The molecule has 0 aliphatic heterocycles. The van der Waals surface area contributed by atoms with Crippen LogP contribution in [0.25, 0.3) is 0 Å². The van der Waals surface area contributed by atoms with E-state index in [0.717, 1.165) is 11.4 Å². The van der Waals surface area contributed by atoms with E-state index in [2.05, 4.69) is 10.3 Å². The number of anilines is 1. The Kier molecular flexibility index (Phi) is 6.14. The molecule has 134 valence electrons. The summed E-state index contributed by atoms with van der Waals surface area (Å²) in [6.45, 7) is 2.06. The van der Waals surface area contributed by atoms with Gasteiger partial charge in [-0.3, -0.25) is 4.79 Å². The van der Waals surface area contributed by atoms with Crippen molar-refractivity contribution in [2.45, 2.75) is 24.8 Å². The van der Waals surface area contributed by atoms with Crippen molar-refractivity contribution in [3.05, 3.63) is 53.7 Å². The Labute approximate surface area is 148 Å². The van der Waals surface area contributed by atoms with Crippen molar-refractivity contribution in [3.63, 3.8) is 0 Å². The second kappa shape index (κ2) is 8.11. The second-order valence-electron chi connectivity index (χ2n) is 5.88. The molecule has 1 aromatic heterocycles. The molecule has 6 nitrogen and oxygen atoms in total. The summed E-state index contributed by atoms with van der Waals surface area (Å²) < 4.78 is 24.8. The number of pyridine rings is 1. The van der Waals surface area contributed by atoms with Gasteiger partial charge in [-0.2, -0.15) is 0 Å². The maximum atomic E-state index is 12.6. The zero-order valence-electron chi connectivity index (χ0n) is 14.7. The molecular weight excluding hydrogens is 338 g/mol. The Hall–Kier alpha value is -2.41. The van der Waals surface area contributed by atoms with Gasteiger partial charge < -0.3 is 10.2 Å². The van der Waals surface area contributed by atoms with Gasteiger partial charge in [-0.05, 0) is 24.6 Å². The summed E-state index contributed by atoms with van der Waals surface area (Å²) in [5, 5.41) is 2.80. The van der Waals surface area contributed by atoms with E-state index < -0.39 is 15.7 Å². The first kappa shape index (κ1) is 18.9. The van der Waals surface area contributed by atoms with Gasteiger partial charge in [0.25, 0.3) is 5.91 Å². The normalized spacial score (nSPS) is 11.2. The van der Waals surface area contributed by atoms with E-state index in [1.54, 1.807) is 31.3 Å². The Morgan fingerprint density at radius 1 is 1.16 bits per heavy atom. The van der Waals surface area contributed by atoms with Crippen LogP contribution in [0.5, 0.6) is 0 Å². The smallest absolute Gasteiger partial charge is 0.252 e. The lowest BCUT2D eigenvalue weighted by Gasteiger charge is -2.16. The van der Waals surface area contributed by atoms with Gasteiger partial charge >= 0.3 is 0 Å². The number of aromatic nitrogens is 1. The first-order chi connectivity index (χ1) is 11.9. The molecule has 1 heterocycles. The molecule has 1 aromatic carbocycles. The van der Waals surface area contributed by atoms with E-state index in [-0.39, 0.29) is 22.8 Å². The first-order valence-corrected chi connectivity index (χ1v) is 9.73. The summed E-state index contributed by atoms with van der Waals surface area (Å²) in [7, 11) is 0.279. The van der Waals surface area contributed by atoms with E-state index in [1.165, 1.54) is 12.1 Å². The third kappa shape index (κ3) is 4.57. The molecule has 0 aliphatic carbocycles. The number of hydrogen-bond acceptors (Lipinski definition) is 5. The van der Waals surface area contributed by atoms with Crippen LogP contribution in [0.15, 0.2) is 47.5 Å². The van der Waals surface area contributed by atoms with Crippen LogP contribution >= 0.6 is 0 Å². The monoisotopic (exact) mass is 361 g/mol. The molecule has 0 spiro atoms. The van der Waals surface area contributed by atoms with Gasteiger partial charge in [0.2, 0.25) is 0 Å². The lowest BCUT2D eigenvalue weighted by molar-refractivity contribution is 0.0947. The van der Waals surface area contributed by atoms with Crippen LogP contribution in [0.1, 0.15) is 29.3 Å². The van der Waals surface area contributed by atoms with Gasteiger partial charge in [0.15, 0.2) is 9.84 Å². The van der Waals surface area contributed by atoms with Crippen molar-refractivity contribution < 1.29 is 13.2 Å². The van der Waals surface area contributed by atoms with Crippen LogP contribution in [0.4, 0.5) is 5.82 Å². The number of rotatable bonds is 7. The summed E-state index contributed by atoms with van der Waals surface area (Å²) in [5.74, 6) is 0.364. The highest BCUT2D eigenvalue weighted by atomic mass is 32.2. The average Bonchev–Trinajstić information content (AvgIpc) is 2.59. The lowest BCUT2D eigenvalue weighted by atomic mass is 10.2. The van der Waals surface area contributed by atoms with Crippen LogP contribution in [0, 0.1) is 0 Å². The van der Waals surface area contributed by atoms with Gasteiger partial charge in [-0.25, -0.2) is 13.4 Å². The standard InChI is InChI=1S/C18H23N3O3S/c1-4-12-25(23,24)16-10-6-5-9-15(16)18(22)20-13-14-8-7-11-19-17(14)21(2)3/h5-11H,4,12-13H2,1-3H3,(H,20,22). The topological polar surface area (TPSA) is 79.4 Å². The van der Waals surface area contributed by atoms with Gasteiger partial charge in [-0.1, -0.05) is 25.1 Å². The lowest BCUT2D eigenvalue weighted by Crippen LogP contribution is -2.26. The number of hydrogen-bond donors (Lipinski definition) is 1. The Morgan fingerprint density at radius 2 is 1.88 bits per heavy atom. The predicted octanol–water partition coefficient (Wildman–Crippen LogP) is 2.26. The molecule has 0 saturated heterocycles. The van der Waals surface area contributed by atoms with Crippen molar-refractivity contribution >= 4 is 21.6 Å². The molecule has 0 saturated carbocycles. The minimum atomic E-state index is -3.47. The molecule has 0 radical (unpaired) electrons. The Balaban J connectivity index is 2.23. The fourth-order valence-electron chi connectivity index (χ4n) is 2.55. The van der Waals surface area contributed by atoms with Crippen molar-refractivity contribution in [3.8, 4) is 0 Å². The van der Waals surface area contributed by atoms with Gasteiger partial charge in [-0.15, -0.1) is 0 Å². The number of carbonyl (C=O) groups excluding carboxylic acids is 1. The third-order valence-corrected chi connectivity index (χ3v) is 5.64. The second-order valence-corrected chi connectivity index (χ2v) is 7.96. The molecule has 0 unspecified atom stereocenters. The third-order valence-electron chi connectivity index (χ3n) is 3.67. The van der Waals surface area contributed by atoms with Gasteiger partial charge in [0, 0.05) is 32.4 Å². The van der Waals surface area contributed by atoms with E-state index in [1.807, 2.05) is 25.1 Å². The number of amides is 1. The van der Waals surface area contributed by atoms with Crippen molar-refractivity contribution in [2.24, 2.45) is 0 Å². The fourth-order valence-corrected chi connectivity index (χ4v) is 4.08. The molecule has 0 fully saturated rings. The van der Waals surface area contributed by atoms with Crippen LogP contribution < -0.4 is 10.2 Å². The SMILES string of the molecule is CCCS(=O)(=O)c1ccccc1C(=O)NCc1cccnc1N(C)C. The molecule has 1 N–H and O–H groups in total. The first-order valence-electron chi connectivity index (χ1n) is 8.08. The highest BCUT2D eigenvalue weighted by Gasteiger charge is 2.21. The molecule has 0 bridgehead atoms. The fraction of sp³-hybridized carbons (Fsp3) is 0.333. The summed E-state index contributed by atoms with van der Waals surface area (Å²) >= 11 is 0. The van der Waals surface area contributed by atoms with E-state index in [4.69, 9.17) is 0 Å². The van der Waals surface area contributed by atoms with E-state index >= 15 is 0 Å². The van der Waals surface area contributed by atoms with Crippen LogP contribution in [-0.4, -0.2) is 39.2 Å². The van der Waals surface area contributed by atoms with Crippen molar-refractivity contribution in [1.29, 1.82) is 0 Å².